The summed E-state index contributed by atoms with van der Waals surface area (Å²) in [5.74, 6) is 5.61. The van der Waals surface area contributed by atoms with E-state index in [4.69, 9.17) is 9.84 Å². The fourth-order valence-electron chi connectivity index (χ4n) is 2.30. The highest BCUT2D eigenvalue weighted by Gasteiger charge is 2.22. The van der Waals surface area contributed by atoms with Gasteiger partial charge in [0.05, 0.1) is 12.2 Å². The molecule has 0 aromatic carbocycles. The Kier molecular flexibility index (Phi) is 4.79. The predicted octanol–water partition coefficient (Wildman–Crippen LogP) is 1.70. The largest absolute Gasteiger partial charge is 0.384 e. The van der Waals surface area contributed by atoms with Crippen molar-refractivity contribution in [3.63, 3.8) is 0 Å². The van der Waals surface area contributed by atoms with Crippen molar-refractivity contribution >= 4 is 11.3 Å². The van der Waals surface area contributed by atoms with E-state index in [9.17, 15) is 0 Å². The molecule has 0 saturated carbocycles. The maximum atomic E-state index is 8.66. The summed E-state index contributed by atoms with van der Waals surface area (Å²) in [4.78, 5) is 3.74. The van der Waals surface area contributed by atoms with Gasteiger partial charge >= 0.3 is 0 Å². The van der Waals surface area contributed by atoms with Crippen LogP contribution in [0.1, 0.15) is 24.3 Å². The molecule has 2 heterocycles. The Bertz CT molecular complexity index is 436. The summed E-state index contributed by atoms with van der Waals surface area (Å²) in [5.41, 5.74) is 0.999. The molecule has 2 atom stereocenters. The van der Waals surface area contributed by atoms with Gasteiger partial charge in [-0.2, -0.15) is 0 Å². The summed E-state index contributed by atoms with van der Waals surface area (Å²) in [6.07, 6.45) is 0.615. The molecule has 1 aliphatic heterocycles. The average molecular weight is 265 g/mol. The van der Waals surface area contributed by atoms with Crippen LogP contribution in [0.15, 0.2) is 11.4 Å². The Labute approximate surface area is 112 Å². The highest BCUT2D eigenvalue weighted by molar-refractivity contribution is 7.10. The zero-order valence-electron chi connectivity index (χ0n) is 10.8. The van der Waals surface area contributed by atoms with Crippen LogP contribution in [0.5, 0.6) is 0 Å². The molecule has 0 unspecified atom stereocenters. The van der Waals surface area contributed by atoms with Crippen LogP contribution in [0.25, 0.3) is 0 Å². The fraction of sp³-hybridized carbons (Fsp3) is 0.571. The van der Waals surface area contributed by atoms with Crippen LogP contribution in [-0.4, -0.2) is 41.9 Å². The number of ether oxygens (including phenoxy) is 1. The lowest BCUT2D eigenvalue weighted by atomic mass is 10.2. The molecule has 3 nitrogen and oxygen atoms in total. The van der Waals surface area contributed by atoms with E-state index in [2.05, 4.69) is 36.7 Å². The lowest BCUT2D eigenvalue weighted by molar-refractivity contribution is -0.0702. The monoisotopic (exact) mass is 265 g/mol. The summed E-state index contributed by atoms with van der Waals surface area (Å²) in [6, 6.07) is 2.11. The number of thiophene rings is 1. The van der Waals surface area contributed by atoms with Crippen molar-refractivity contribution in [2.45, 2.75) is 32.6 Å². The van der Waals surface area contributed by atoms with Gasteiger partial charge in [0.2, 0.25) is 0 Å². The van der Waals surface area contributed by atoms with Gasteiger partial charge < -0.3 is 9.84 Å². The number of aliphatic hydroxyl groups excluding tert-OH is 1. The minimum absolute atomic E-state index is 0.0797. The molecule has 18 heavy (non-hydrogen) atoms. The first-order valence-corrected chi connectivity index (χ1v) is 7.10. The third-order valence-electron chi connectivity index (χ3n) is 2.84. The van der Waals surface area contributed by atoms with Crippen LogP contribution in [-0.2, 0) is 11.3 Å². The van der Waals surface area contributed by atoms with Gasteiger partial charge in [-0.25, -0.2) is 0 Å². The maximum absolute atomic E-state index is 8.66. The van der Waals surface area contributed by atoms with Crippen molar-refractivity contribution < 1.29 is 9.84 Å². The molecule has 1 aromatic heterocycles. The van der Waals surface area contributed by atoms with E-state index in [1.165, 1.54) is 4.88 Å². The Balaban J connectivity index is 1.94. The first-order chi connectivity index (χ1) is 8.67. The zero-order valence-corrected chi connectivity index (χ0v) is 11.7. The summed E-state index contributed by atoms with van der Waals surface area (Å²) in [6.45, 7) is 7.09. The van der Waals surface area contributed by atoms with Crippen molar-refractivity contribution in [3.8, 4) is 11.8 Å². The second kappa shape index (κ2) is 6.35. The van der Waals surface area contributed by atoms with Gasteiger partial charge in [-0.3, -0.25) is 4.90 Å². The molecule has 1 aromatic rings. The van der Waals surface area contributed by atoms with Crippen molar-refractivity contribution in [1.82, 2.24) is 4.90 Å². The third kappa shape index (κ3) is 3.82. The Morgan fingerprint density at radius 1 is 1.44 bits per heavy atom. The summed E-state index contributed by atoms with van der Waals surface area (Å²) in [5, 5.41) is 10.7. The molecule has 0 spiro atoms. The van der Waals surface area contributed by atoms with E-state index in [0.29, 0.717) is 12.2 Å². The topological polar surface area (TPSA) is 32.7 Å². The first kappa shape index (κ1) is 13.6. The number of morpholine rings is 1. The summed E-state index contributed by atoms with van der Waals surface area (Å²) in [7, 11) is 0. The van der Waals surface area contributed by atoms with E-state index in [1.807, 2.05) is 5.38 Å². The van der Waals surface area contributed by atoms with Gasteiger partial charge in [0, 0.05) is 35.5 Å². The van der Waals surface area contributed by atoms with Crippen molar-refractivity contribution in [2.75, 3.05) is 19.7 Å². The number of hydrogen-bond acceptors (Lipinski definition) is 4. The highest BCUT2D eigenvalue weighted by Crippen LogP contribution is 2.19. The molecule has 1 N–H and O–H groups in total. The molecule has 98 valence electrons. The zero-order chi connectivity index (χ0) is 13.0. The highest BCUT2D eigenvalue weighted by atomic mass is 32.1. The van der Waals surface area contributed by atoms with Crippen molar-refractivity contribution in [2.24, 2.45) is 0 Å². The molecule has 1 saturated heterocycles. The Morgan fingerprint density at radius 3 is 2.83 bits per heavy atom. The minimum atomic E-state index is -0.0797. The normalized spacial score (nSPS) is 24.6. The van der Waals surface area contributed by atoms with Gasteiger partial charge in [-0.1, -0.05) is 11.8 Å². The molecule has 2 rings (SSSR count). The van der Waals surface area contributed by atoms with E-state index in [-0.39, 0.29) is 6.61 Å². The van der Waals surface area contributed by atoms with Gasteiger partial charge in [0.15, 0.2) is 0 Å². The SMILES string of the molecule is C[C@@H]1CN(Cc2cc(C#CCO)cs2)C[C@H](C)O1. The van der Waals surface area contributed by atoms with Crippen LogP contribution in [0.2, 0.25) is 0 Å². The third-order valence-corrected chi connectivity index (χ3v) is 3.76. The molecular weight excluding hydrogens is 246 g/mol. The lowest BCUT2D eigenvalue weighted by Crippen LogP contribution is -2.44. The Morgan fingerprint density at radius 2 is 2.17 bits per heavy atom. The molecule has 1 fully saturated rings. The smallest absolute Gasteiger partial charge is 0.104 e. The molecular formula is C14H19NO2S. The summed E-state index contributed by atoms with van der Waals surface area (Å²) < 4.78 is 5.72. The van der Waals surface area contributed by atoms with Crippen LogP contribution in [0.4, 0.5) is 0 Å². The number of rotatable bonds is 2. The number of aliphatic hydroxyl groups is 1. The second-order valence-electron chi connectivity index (χ2n) is 4.71. The first-order valence-electron chi connectivity index (χ1n) is 6.22. The van der Waals surface area contributed by atoms with E-state index in [0.717, 1.165) is 25.2 Å². The fourth-order valence-corrected chi connectivity index (χ4v) is 3.16. The summed E-state index contributed by atoms with van der Waals surface area (Å²) >= 11 is 1.73. The molecule has 1 aliphatic rings. The number of nitrogens with zero attached hydrogens (tertiary/aromatic N) is 1. The van der Waals surface area contributed by atoms with Gasteiger partial charge in [-0.15, -0.1) is 11.3 Å². The van der Waals surface area contributed by atoms with Crippen LogP contribution in [0.3, 0.4) is 0 Å². The lowest BCUT2D eigenvalue weighted by Gasteiger charge is -2.34. The van der Waals surface area contributed by atoms with E-state index >= 15 is 0 Å². The average Bonchev–Trinajstić information content (AvgIpc) is 2.72. The van der Waals surface area contributed by atoms with Crippen LogP contribution >= 0.6 is 11.3 Å². The van der Waals surface area contributed by atoms with Crippen molar-refractivity contribution in [1.29, 1.82) is 0 Å². The van der Waals surface area contributed by atoms with Gasteiger partial charge in [0.25, 0.3) is 0 Å². The van der Waals surface area contributed by atoms with Crippen LogP contribution < -0.4 is 0 Å². The standard InChI is InChI=1S/C14H19NO2S/c1-11-7-15(8-12(2)17-11)9-14-6-13(10-18-14)4-3-5-16/h6,10-12,16H,5,7-9H2,1-2H3/t11-,12+. The van der Waals surface area contributed by atoms with Crippen molar-refractivity contribution in [3.05, 3.63) is 21.9 Å². The number of hydrogen-bond donors (Lipinski definition) is 1. The predicted molar refractivity (Wildman–Crippen MR) is 73.6 cm³/mol. The molecule has 0 bridgehead atoms. The molecule has 0 aliphatic carbocycles. The molecule has 0 radical (unpaired) electrons. The maximum Gasteiger partial charge on any atom is 0.104 e. The van der Waals surface area contributed by atoms with E-state index < -0.39 is 0 Å². The second-order valence-corrected chi connectivity index (χ2v) is 5.71. The quantitative estimate of drug-likeness (QED) is 0.826. The molecule has 4 heteroatoms. The minimum Gasteiger partial charge on any atom is -0.384 e. The molecule has 0 amide bonds. The van der Waals surface area contributed by atoms with Crippen LogP contribution in [0, 0.1) is 11.8 Å². The van der Waals surface area contributed by atoms with Gasteiger partial charge in [-0.05, 0) is 19.9 Å². The van der Waals surface area contributed by atoms with E-state index in [1.54, 1.807) is 11.3 Å². The van der Waals surface area contributed by atoms with Gasteiger partial charge in [0.1, 0.15) is 6.61 Å². The Hall–Kier alpha value is -0.860.